The maximum atomic E-state index is 13.0. The number of nitrogens with zero attached hydrogens (tertiary/aromatic N) is 4. The predicted octanol–water partition coefficient (Wildman–Crippen LogP) is 3.27. The standard InChI is InChI=1S/C20H23N5O2/c1-2-27-17-12-11-14-7-3-6-10-16(14)19(17)20(26)21-13-18-22-23-24-25(18)15-8-4-5-9-15/h3,6-7,10-12,15H,2,4-5,8-9,13H2,1H3,(H,21,26). The van der Waals surface area contributed by atoms with Gasteiger partial charge in [0.2, 0.25) is 0 Å². The molecular formula is C20H23N5O2. The first-order valence-corrected chi connectivity index (χ1v) is 9.47. The predicted molar refractivity (Wildman–Crippen MR) is 102 cm³/mol. The number of nitrogens with one attached hydrogen (secondary N) is 1. The van der Waals surface area contributed by atoms with Gasteiger partial charge in [0.05, 0.1) is 24.8 Å². The summed E-state index contributed by atoms with van der Waals surface area (Å²) < 4.78 is 7.56. The number of tetrazole rings is 1. The van der Waals surface area contributed by atoms with Crippen molar-refractivity contribution in [3.05, 3.63) is 47.8 Å². The smallest absolute Gasteiger partial charge is 0.256 e. The number of fused-ring (bicyclic) bond motifs is 1. The first-order chi connectivity index (χ1) is 13.3. The fraction of sp³-hybridized carbons (Fsp3) is 0.400. The Morgan fingerprint density at radius 3 is 2.85 bits per heavy atom. The summed E-state index contributed by atoms with van der Waals surface area (Å²) in [4.78, 5) is 13.0. The second-order valence-electron chi connectivity index (χ2n) is 6.75. The van der Waals surface area contributed by atoms with Gasteiger partial charge < -0.3 is 10.1 Å². The molecule has 4 rings (SSSR count). The third-order valence-corrected chi connectivity index (χ3v) is 5.06. The molecule has 1 fully saturated rings. The van der Waals surface area contributed by atoms with E-state index in [1.165, 1.54) is 12.8 Å². The van der Waals surface area contributed by atoms with Crippen LogP contribution in [-0.4, -0.2) is 32.7 Å². The molecule has 1 heterocycles. The molecule has 0 atom stereocenters. The van der Waals surface area contributed by atoms with Gasteiger partial charge in [0, 0.05) is 0 Å². The van der Waals surface area contributed by atoms with Crippen molar-refractivity contribution in [3.63, 3.8) is 0 Å². The molecule has 1 N–H and O–H groups in total. The van der Waals surface area contributed by atoms with Crippen LogP contribution < -0.4 is 10.1 Å². The summed E-state index contributed by atoms with van der Waals surface area (Å²) in [6.45, 7) is 2.70. The summed E-state index contributed by atoms with van der Waals surface area (Å²) >= 11 is 0. The van der Waals surface area contributed by atoms with Gasteiger partial charge in [-0.05, 0) is 47.0 Å². The van der Waals surface area contributed by atoms with E-state index < -0.39 is 0 Å². The molecule has 7 heteroatoms. The molecule has 7 nitrogen and oxygen atoms in total. The summed E-state index contributed by atoms with van der Waals surface area (Å²) in [7, 11) is 0. The molecule has 0 saturated heterocycles. The third-order valence-electron chi connectivity index (χ3n) is 5.06. The quantitative estimate of drug-likeness (QED) is 0.725. The van der Waals surface area contributed by atoms with E-state index in [0.29, 0.717) is 29.8 Å². The zero-order valence-corrected chi connectivity index (χ0v) is 15.4. The van der Waals surface area contributed by atoms with E-state index in [0.717, 1.165) is 23.6 Å². The van der Waals surface area contributed by atoms with Gasteiger partial charge >= 0.3 is 0 Å². The fourth-order valence-corrected chi connectivity index (χ4v) is 3.77. The number of carbonyl (C=O) groups is 1. The van der Waals surface area contributed by atoms with Gasteiger partial charge in [0.25, 0.3) is 5.91 Å². The number of rotatable bonds is 6. The van der Waals surface area contributed by atoms with E-state index >= 15 is 0 Å². The number of ether oxygens (including phenoxy) is 1. The van der Waals surface area contributed by atoms with Gasteiger partial charge in [0.1, 0.15) is 5.75 Å². The lowest BCUT2D eigenvalue weighted by Crippen LogP contribution is -2.26. The van der Waals surface area contributed by atoms with E-state index in [1.54, 1.807) is 0 Å². The zero-order chi connectivity index (χ0) is 18.6. The largest absolute Gasteiger partial charge is 0.493 e. The minimum Gasteiger partial charge on any atom is -0.493 e. The SMILES string of the molecule is CCOc1ccc2ccccc2c1C(=O)NCc1nnnn1C1CCCC1. The molecule has 2 aromatic carbocycles. The first kappa shape index (κ1) is 17.5. The second-order valence-corrected chi connectivity index (χ2v) is 6.75. The van der Waals surface area contributed by atoms with Gasteiger partial charge in [-0.3, -0.25) is 4.79 Å². The van der Waals surface area contributed by atoms with Gasteiger partial charge in [-0.15, -0.1) is 5.10 Å². The number of carbonyl (C=O) groups excluding carboxylic acids is 1. The summed E-state index contributed by atoms with van der Waals surface area (Å²) in [5, 5.41) is 16.9. The molecule has 1 amide bonds. The van der Waals surface area contributed by atoms with Crippen LogP contribution in [0.1, 0.15) is 54.8 Å². The number of amides is 1. The third kappa shape index (κ3) is 3.49. The highest BCUT2D eigenvalue weighted by molar-refractivity contribution is 6.09. The van der Waals surface area contributed by atoms with E-state index in [2.05, 4.69) is 20.8 Å². The highest BCUT2D eigenvalue weighted by atomic mass is 16.5. The fourth-order valence-electron chi connectivity index (χ4n) is 3.77. The van der Waals surface area contributed by atoms with Crippen molar-refractivity contribution in [1.29, 1.82) is 0 Å². The molecule has 0 aliphatic heterocycles. The Labute approximate surface area is 157 Å². The van der Waals surface area contributed by atoms with Crippen molar-refractivity contribution >= 4 is 16.7 Å². The lowest BCUT2D eigenvalue weighted by molar-refractivity contribution is 0.0947. The lowest BCUT2D eigenvalue weighted by Gasteiger charge is -2.14. The summed E-state index contributed by atoms with van der Waals surface area (Å²) in [5.74, 6) is 1.09. The zero-order valence-electron chi connectivity index (χ0n) is 15.4. The number of aromatic nitrogens is 4. The van der Waals surface area contributed by atoms with Crippen LogP contribution in [0.25, 0.3) is 10.8 Å². The van der Waals surface area contributed by atoms with Crippen LogP contribution in [0.3, 0.4) is 0 Å². The van der Waals surface area contributed by atoms with Crippen LogP contribution in [0, 0.1) is 0 Å². The van der Waals surface area contributed by atoms with Crippen molar-refractivity contribution in [2.45, 2.75) is 45.2 Å². The van der Waals surface area contributed by atoms with E-state index in [1.807, 2.05) is 48.0 Å². The number of hydrogen-bond acceptors (Lipinski definition) is 5. The minimum absolute atomic E-state index is 0.184. The average molecular weight is 365 g/mol. The van der Waals surface area contributed by atoms with Crippen LogP contribution in [0.5, 0.6) is 5.75 Å². The highest BCUT2D eigenvalue weighted by Gasteiger charge is 2.22. The Bertz CT molecular complexity index is 946. The van der Waals surface area contributed by atoms with Crippen molar-refractivity contribution in [2.24, 2.45) is 0 Å². The van der Waals surface area contributed by atoms with Crippen LogP contribution in [0.2, 0.25) is 0 Å². The molecule has 0 spiro atoms. The monoisotopic (exact) mass is 365 g/mol. The van der Waals surface area contributed by atoms with Crippen LogP contribution in [0.15, 0.2) is 36.4 Å². The molecule has 0 bridgehead atoms. The molecular weight excluding hydrogens is 342 g/mol. The molecule has 1 aromatic heterocycles. The van der Waals surface area contributed by atoms with Gasteiger partial charge in [-0.2, -0.15) is 0 Å². The maximum Gasteiger partial charge on any atom is 0.256 e. The molecule has 1 aliphatic carbocycles. The van der Waals surface area contributed by atoms with Crippen molar-refractivity contribution in [2.75, 3.05) is 6.61 Å². The minimum atomic E-state index is -0.184. The molecule has 1 aliphatic rings. The Morgan fingerprint density at radius 2 is 2.04 bits per heavy atom. The normalized spacial score (nSPS) is 14.6. The Kier molecular flexibility index (Phi) is 5.00. The van der Waals surface area contributed by atoms with Crippen LogP contribution in [0.4, 0.5) is 0 Å². The Morgan fingerprint density at radius 1 is 1.22 bits per heavy atom. The van der Waals surface area contributed by atoms with Gasteiger partial charge in [-0.25, -0.2) is 4.68 Å². The maximum absolute atomic E-state index is 13.0. The average Bonchev–Trinajstić information content (AvgIpc) is 3.37. The first-order valence-electron chi connectivity index (χ1n) is 9.47. The van der Waals surface area contributed by atoms with E-state index in [9.17, 15) is 4.79 Å². The molecule has 0 unspecified atom stereocenters. The summed E-state index contributed by atoms with van der Waals surface area (Å²) in [6, 6.07) is 12.0. The molecule has 1 saturated carbocycles. The van der Waals surface area contributed by atoms with Crippen LogP contribution >= 0.6 is 0 Å². The van der Waals surface area contributed by atoms with Gasteiger partial charge in [-0.1, -0.05) is 43.2 Å². The van der Waals surface area contributed by atoms with Crippen LogP contribution in [-0.2, 0) is 6.54 Å². The summed E-state index contributed by atoms with van der Waals surface area (Å²) in [6.07, 6.45) is 4.57. The molecule has 140 valence electrons. The molecule has 0 radical (unpaired) electrons. The van der Waals surface area contributed by atoms with Crippen molar-refractivity contribution < 1.29 is 9.53 Å². The molecule has 27 heavy (non-hydrogen) atoms. The topological polar surface area (TPSA) is 81.9 Å². The van der Waals surface area contributed by atoms with Crippen molar-refractivity contribution in [3.8, 4) is 5.75 Å². The van der Waals surface area contributed by atoms with E-state index in [4.69, 9.17) is 4.74 Å². The Balaban J connectivity index is 1.58. The Hall–Kier alpha value is -2.96. The van der Waals surface area contributed by atoms with Crippen molar-refractivity contribution in [1.82, 2.24) is 25.5 Å². The second kappa shape index (κ2) is 7.73. The number of benzene rings is 2. The van der Waals surface area contributed by atoms with Gasteiger partial charge in [0.15, 0.2) is 5.82 Å². The summed E-state index contributed by atoms with van der Waals surface area (Å²) in [5.41, 5.74) is 0.551. The number of hydrogen-bond donors (Lipinski definition) is 1. The highest BCUT2D eigenvalue weighted by Crippen LogP contribution is 2.30. The lowest BCUT2D eigenvalue weighted by atomic mass is 10.0. The van der Waals surface area contributed by atoms with E-state index in [-0.39, 0.29) is 12.5 Å². The molecule has 3 aromatic rings.